The molecule has 0 aliphatic rings. The molecule has 2 rings (SSSR count). The van der Waals surface area contributed by atoms with E-state index in [-0.39, 0.29) is 18.0 Å². The Labute approximate surface area is 153 Å². The molecule has 0 saturated carbocycles. The van der Waals surface area contributed by atoms with Crippen LogP contribution in [0.2, 0.25) is 0 Å². The summed E-state index contributed by atoms with van der Waals surface area (Å²) in [5.41, 5.74) is 2.66. The van der Waals surface area contributed by atoms with Crippen molar-refractivity contribution in [2.45, 2.75) is 32.9 Å². The second-order valence-electron chi connectivity index (χ2n) is 5.92. The second kappa shape index (κ2) is 9.46. The first-order valence-electron chi connectivity index (χ1n) is 8.59. The molecule has 3 N–H and O–H groups in total. The van der Waals surface area contributed by atoms with E-state index in [1.165, 1.54) is 0 Å². The highest BCUT2D eigenvalue weighted by molar-refractivity contribution is 5.90. The van der Waals surface area contributed by atoms with Crippen LogP contribution >= 0.6 is 0 Å². The van der Waals surface area contributed by atoms with Crippen LogP contribution in [0, 0.1) is 0 Å². The van der Waals surface area contributed by atoms with Crippen LogP contribution in [0.15, 0.2) is 48.5 Å². The third-order valence-corrected chi connectivity index (χ3v) is 3.95. The number of carbonyl (C=O) groups is 2. The zero-order chi connectivity index (χ0) is 18.9. The average Bonchev–Trinajstić information content (AvgIpc) is 2.67. The fourth-order valence-electron chi connectivity index (χ4n) is 2.40. The summed E-state index contributed by atoms with van der Waals surface area (Å²) in [6, 6.07) is 14.6. The summed E-state index contributed by atoms with van der Waals surface area (Å²) >= 11 is 0. The molecule has 1 atom stereocenters. The number of hydrogen-bond acceptors (Lipinski definition) is 3. The first kappa shape index (κ1) is 19.3. The summed E-state index contributed by atoms with van der Waals surface area (Å²) in [6.45, 7) is 4.13. The van der Waals surface area contributed by atoms with E-state index in [0.29, 0.717) is 13.0 Å². The molecule has 0 saturated heterocycles. The van der Waals surface area contributed by atoms with Gasteiger partial charge in [0.25, 0.3) is 0 Å². The number of ether oxygens (including phenoxy) is 1. The Bertz CT molecular complexity index is 744. The predicted octanol–water partition coefficient (Wildman–Crippen LogP) is 3.60. The van der Waals surface area contributed by atoms with E-state index in [1.54, 1.807) is 14.0 Å². The highest BCUT2D eigenvalue weighted by Gasteiger charge is 2.10. The minimum atomic E-state index is -0.247. The van der Waals surface area contributed by atoms with Gasteiger partial charge in [-0.3, -0.25) is 4.79 Å². The maximum Gasteiger partial charge on any atom is 0.315 e. The van der Waals surface area contributed by atoms with Gasteiger partial charge in [0.2, 0.25) is 5.91 Å². The van der Waals surface area contributed by atoms with Crippen molar-refractivity contribution in [1.82, 2.24) is 10.6 Å². The first-order valence-corrected chi connectivity index (χ1v) is 8.59. The maximum absolute atomic E-state index is 12.1. The number of hydrogen-bond donors (Lipinski definition) is 3. The smallest absolute Gasteiger partial charge is 0.315 e. The molecule has 0 bridgehead atoms. The van der Waals surface area contributed by atoms with E-state index >= 15 is 0 Å². The standard InChI is InChI=1S/C20H25N3O3/c1-4-19(24)23-17-10-8-16(9-11-17)14(2)22-20(25)21-13-15-6-5-7-18(12-15)26-3/h5-12,14H,4,13H2,1-3H3,(H,23,24)(H2,21,22,25). The summed E-state index contributed by atoms with van der Waals surface area (Å²) in [5, 5.41) is 8.53. The predicted molar refractivity (Wildman–Crippen MR) is 102 cm³/mol. The lowest BCUT2D eigenvalue weighted by Crippen LogP contribution is -2.36. The van der Waals surface area contributed by atoms with Gasteiger partial charge < -0.3 is 20.7 Å². The molecular weight excluding hydrogens is 330 g/mol. The van der Waals surface area contributed by atoms with Crippen molar-refractivity contribution in [3.63, 3.8) is 0 Å². The van der Waals surface area contributed by atoms with Gasteiger partial charge >= 0.3 is 6.03 Å². The number of rotatable bonds is 7. The van der Waals surface area contributed by atoms with Crippen LogP contribution in [0.3, 0.4) is 0 Å². The molecule has 6 nitrogen and oxygen atoms in total. The van der Waals surface area contributed by atoms with Crippen LogP contribution in [0.25, 0.3) is 0 Å². The minimum absolute atomic E-state index is 0.0270. The van der Waals surface area contributed by atoms with Crippen molar-refractivity contribution >= 4 is 17.6 Å². The van der Waals surface area contributed by atoms with Gasteiger partial charge in [0.05, 0.1) is 13.2 Å². The Morgan fingerprint density at radius 1 is 1.12 bits per heavy atom. The highest BCUT2D eigenvalue weighted by atomic mass is 16.5. The largest absolute Gasteiger partial charge is 0.497 e. The molecule has 0 aromatic heterocycles. The molecule has 0 aliphatic carbocycles. The van der Waals surface area contributed by atoms with Gasteiger partial charge in [-0.2, -0.15) is 0 Å². The molecule has 0 aliphatic heterocycles. The lowest BCUT2D eigenvalue weighted by molar-refractivity contribution is -0.115. The number of benzene rings is 2. The van der Waals surface area contributed by atoms with Crippen LogP contribution in [-0.4, -0.2) is 19.0 Å². The van der Waals surface area contributed by atoms with Crippen molar-refractivity contribution in [3.8, 4) is 5.75 Å². The number of anilines is 1. The zero-order valence-electron chi connectivity index (χ0n) is 15.3. The lowest BCUT2D eigenvalue weighted by Gasteiger charge is -2.16. The third-order valence-electron chi connectivity index (χ3n) is 3.95. The maximum atomic E-state index is 12.1. The SMILES string of the molecule is CCC(=O)Nc1ccc(C(C)NC(=O)NCc2cccc(OC)c2)cc1. The highest BCUT2D eigenvalue weighted by Crippen LogP contribution is 2.16. The fourth-order valence-corrected chi connectivity index (χ4v) is 2.40. The second-order valence-corrected chi connectivity index (χ2v) is 5.92. The van der Waals surface area contributed by atoms with Crippen molar-refractivity contribution in [1.29, 1.82) is 0 Å². The minimum Gasteiger partial charge on any atom is -0.497 e. The Kier molecular flexibility index (Phi) is 7.02. The molecule has 0 heterocycles. The Balaban J connectivity index is 1.85. The molecule has 1 unspecified atom stereocenters. The summed E-state index contributed by atoms with van der Waals surface area (Å²) in [6.07, 6.45) is 0.438. The number of methoxy groups -OCH3 is 1. The van der Waals surface area contributed by atoms with E-state index in [4.69, 9.17) is 4.74 Å². The Morgan fingerprint density at radius 2 is 1.85 bits per heavy atom. The normalized spacial score (nSPS) is 11.3. The topological polar surface area (TPSA) is 79.5 Å². The van der Waals surface area contributed by atoms with Gasteiger partial charge in [0.15, 0.2) is 0 Å². The summed E-state index contributed by atoms with van der Waals surface area (Å²) in [7, 11) is 1.61. The molecule has 3 amide bonds. The van der Waals surface area contributed by atoms with Crippen LogP contribution < -0.4 is 20.7 Å². The molecular formula is C20H25N3O3. The quantitative estimate of drug-likeness (QED) is 0.710. The van der Waals surface area contributed by atoms with Gasteiger partial charge in [-0.15, -0.1) is 0 Å². The Hall–Kier alpha value is -3.02. The fraction of sp³-hybridized carbons (Fsp3) is 0.300. The van der Waals surface area contributed by atoms with Crippen molar-refractivity contribution in [2.75, 3.05) is 12.4 Å². The van der Waals surface area contributed by atoms with E-state index < -0.39 is 0 Å². The van der Waals surface area contributed by atoms with Crippen LogP contribution in [0.1, 0.15) is 37.4 Å². The summed E-state index contributed by atoms with van der Waals surface area (Å²) < 4.78 is 5.17. The van der Waals surface area contributed by atoms with Gasteiger partial charge in [0, 0.05) is 18.7 Å². The van der Waals surface area contributed by atoms with Gasteiger partial charge in [0.1, 0.15) is 5.75 Å². The number of nitrogens with one attached hydrogen (secondary N) is 3. The molecule has 26 heavy (non-hydrogen) atoms. The van der Waals surface area contributed by atoms with Crippen molar-refractivity contribution in [3.05, 3.63) is 59.7 Å². The van der Waals surface area contributed by atoms with Gasteiger partial charge in [-0.1, -0.05) is 31.2 Å². The van der Waals surface area contributed by atoms with E-state index in [9.17, 15) is 9.59 Å². The number of carbonyl (C=O) groups excluding carboxylic acids is 2. The lowest BCUT2D eigenvalue weighted by atomic mass is 10.1. The van der Waals surface area contributed by atoms with E-state index in [1.807, 2.05) is 55.5 Å². The molecule has 2 aromatic rings. The van der Waals surface area contributed by atoms with Crippen LogP contribution in [0.5, 0.6) is 5.75 Å². The van der Waals surface area contributed by atoms with Gasteiger partial charge in [-0.05, 0) is 42.3 Å². The third kappa shape index (κ3) is 5.81. The average molecular weight is 355 g/mol. The first-order chi connectivity index (χ1) is 12.5. The molecule has 138 valence electrons. The molecule has 2 aromatic carbocycles. The monoisotopic (exact) mass is 355 g/mol. The Morgan fingerprint density at radius 3 is 2.50 bits per heavy atom. The zero-order valence-corrected chi connectivity index (χ0v) is 15.3. The molecule has 6 heteroatoms. The molecule has 0 spiro atoms. The molecule has 0 fully saturated rings. The number of amides is 3. The summed E-state index contributed by atoms with van der Waals surface area (Å²) in [4.78, 5) is 23.5. The van der Waals surface area contributed by atoms with Crippen LogP contribution in [0.4, 0.5) is 10.5 Å². The van der Waals surface area contributed by atoms with Crippen molar-refractivity contribution in [2.24, 2.45) is 0 Å². The van der Waals surface area contributed by atoms with Crippen LogP contribution in [-0.2, 0) is 11.3 Å². The molecule has 0 radical (unpaired) electrons. The van der Waals surface area contributed by atoms with Crippen molar-refractivity contribution < 1.29 is 14.3 Å². The van der Waals surface area contributed by atoms with E-state index in [0.717, 1.165) is 22.6 Å². The van der Waals surface area contributed by atoms with Gasteiger partial charge in [-0.25, -0.2) is 4.79 Å². The van der Waals surface area contributed by atoms with E-state index in [2.05, 4.69) is 16.0 Å². The summed E-state index contributed by atoms with van der Waals surface area (Å²) in [5.74, 6) is 0.731. The number of urea groups is 1.